The van der Waals surface area contributed by atoms with Crippen molar-refractivity contribution in [2.45, 2.75) is 19.4 Å². The van der Waals surface area contributed by atoms with Crippen LogP contribution in [0.2, 0.25) is 0 Å². The first-order valence-electron chi connectivity index (χ1n) is 5.81. The van der Waals surface area contributed by atoms with Gasteiger partial charge in [-0.15, -0.1) is 0 Å². The van der Waals surface area contributed by atoms with Gasteiger partial charge < -0.3 is 14.7 Å². The first kappa shape index (κ1) is 11.9. The van der Waals surface area contributed by atoms with Crippen LogP contribution in [0.1, 0.15) is 12.0 Å². The van der Waals surface area contributed by atoms with Gasteiger partial charge in [0.05, 0.1) is 19.1 Å². The summed E-state index contributed by atoms with van der Waals surface area (Å²) in [5.41, 5.74) is 2.38. The summed E-state index contributed by atoms with van der Waals surface area (Å²) in [6.45, 7) is 4.13. The molecule has 1 aromatic carbocycles. The fraction of sp³-hybridized carbons (Fsp3) is 0.462. The van der Waals surface area contributed by atoms with Crippen LogP contribution in [0, 0.1) is 6.92 Å². The van der Waals surface area contributed by atoms with E-state index in [-0.39, 0.29) is 12.5 Å². The largest absolute Gasteiger partial charge is 0.481 e. The van der Waals surface area contributed by atoms with Crippen molar-refractivity contribution in [2.75, 3.05) is 24.6 Å². The third-order valence-electron chi connectivity index (χ3n) is 3.00. The molecule has 17 heavy (non-hydrogen) atoms. The van der Waals surface area contributed by atoms with Gasteiger partial charge in [-0.3, -0.25) is 4.79 Å². The third-order valence-corrected chi connectivity index (χ3v) is 3.00. The Balaban J connectivity index is 2.07. The molecule has 1 aliphatic heterocycles. The van der Waals surface area contributed by atoms with Gasteiger partial charge in [0.15, 0.2) is 0 Å². The highest BCUT2D eigenvalue weighted by atomic mass is 16.5. The second-order valence-corrected chi connectivity index (χ2v) is 4.32. The van der Waals surface area contributed by atoms with Crippen LogP contribution in [-0.2, 0) is 9.53 Å². The zero-order valence-corrected chi connectivity index (χ0v) is 9.93. The smallest absolute Gasteiger partial charge is 0.306 e. The van der Waals surface area contributed by atoms with Crippen LogP contribution in [0.25, 0.3) is 0 Å². The van der Waals surface area contributed by atoms with Gasteiger partial charge in [-0.2, -0.15) is 0 Å². The van der Waals surface area contributed by atoms with Crippen molar-refractivity contribution in [3.8, 4) is 0 Å². The zero-order chi connectivity index (χ0) is 12.3. The maximum atomic E-state index is 10.7. The van der Waals surface area contributed by atoms with Crippen LogP contribution in [0.15, 0.2) is 24.3 Å². The highest BCUT2D eigenvalue weighted by Gasteiger charge is 2.23. The highest BCUT2D eigenvalue weighted by Crippen LogP contribution is 2.22. The number of carboxylic acid groups (broad SMARTS) is 1. The SMILES string of the molecule is Cc1ccccc1N1CCOC(CC(=O)O)C1. The van der Waals surface area contributed by atoms with Crippen molar-refractivity contribution in [1.29, 1.82) is 0 Å². The van der Waals surface area contributed by atoms with Gasteiger partial charge in [0.1, 0.15) is 0 Å². The number of anilines is 1. The molecule has 0 amide bonds. The van der Waals surface area contributed by atoms with E-state index in [9.17, 15) is 4.79 Å². The minimum absolute atomic E-state index is 0.0718. The van der Waals surface area contributed by atoms with E-state index >= 15 is 0 Å². The highest BCUT2D eigenvalue weighted by molar-refractivity contribution is 5.67. The Morgan fingerprint density at radius 2 is 2.29 bits per heavy atom. The number of carbonyl (C=O) groups is 1. The van der Waals surface area contributed by atoms with Crippen LogP contribution in [-0.4, -0.2) is 36.9 Å². The van der Waals surface area contributed by atoms with Crippen LogP contribution < -0.4 is 4.90 Å². The van der Waals surface area contributed by atoms with E-state index in [2.05, 4.69) is 24.0 Å². The van der Waals surface area contributed by atoms with Gasteiger partial charge in [-0.1, -0.05) is 18.2 Å². The van der Waals surface area contributed by atoms with Gasteiger partial charge in [-0.05, 0) is 18.6 Å². The summed E-state index contributed by atoms with van der Waals surface area (Å²) in [5, 5.41) is 8.78. The van der Waals surface area contributed by atoms with Crippen molar-refractivity contribution in [3.05, 3.63) is 29.8 Å². The van der Waals surface area contributed by atoms with Crippen LogP contribution in [0.5, 0.6) is 0 Å². The predicted molar refractivity (Wildman–Crippen MR) is 65.4 cm³/mol. The number of hydrogen-bond acceptors (Lipinski definition) is 3. The Hall–Kier alpha value is -1.55. The molecule has 1 aromatic rings. The molecule has 2 rings (SSSR count). The molecule has 1 fully saturated rings. The summed E-state index contributed by atoms with van der Waals surface area (Å²) in [6.07, 6.45) is -0.136. The summed E-state index contributed by atoms with van der Waals surface area (Å²) in [4.78, 5) is 12.9. The summed E-state index contributed by atoms with van der Waals surface area (Å²) >= 11 is 0. The molecule has 0 saturated carbocycles. The van der Waals surface area contributed by atoms with E-state index in [1.807, 2.05) is 12.1 Å². The number of benzene rings is 1. The lowest BCUT2D eigenvalue weighted by molar-refractivity contribution is -0.140. The first-order valence-corrected chi connectivity index (χ1v) is 5.81. The zero-order valence-electron chi connectivity index (χ0n) is 9.93. The number of aryl methyl sites for hydroxylation is 1. The Kier molecular flexibility index (Phi) is 3.64. The molecule has 0 radical (unpaired) electrons. The Bertz CT molecular complexity index is 405. The molecular weight excluding hydrogens is 218 g/mol. The Morgan fingerprint density at radius 3 is 3.00 bits per heavy atom. The minimum atomic E-state index is -0.804. The van der Waals surface area contributed by atoms with Gasteiger partial charge in [0, 0.05) is 18.8 Å². The number of nitrogens with zero attached hydrogens (tertiary/aromatic N) is 1. The molecule has 1 heterocycles. The average molecular weight is 235 g/mol. The molecule has 0 bridgehead atoms. The minimum Gasteiger partial charge on any atom is -0.481 e. The number of rotatable bonds is 3. The molecule has 1 unspecified atom stereocenters. The van der Waals surface area contributed by atoms with Crippen LogP contribution in [0.3, 0.4) is 0 Å². The van der Waals surface area contributed by atoms with E-state index in [1.165, 1.54) is 11.3 Å². The molecule has 1 saturated heterocycles. The number of aliphatic carboxylic acids is 1. The fourth-order valence-electron chi connectivity index (χ4n) is 2.17. The van der Waals surface area contributed by atoms with E-state index in [0.717, 1.165) is 6.54 Å². The molecule has 92 valence electrons. The van der Waals surface area contributed by atoms with Crippen molar-refractivity contribution in [2.24, 2.45) is 0 Å². The first-order chi connectivity index (χ1) is 8.16. The molecule has 4 nitrogen and oxygen atoms in total. The summed E-state index contributed by atoms with van der Waals surface area (Å²) in [5.74, 6) is -0.804. The number of hydrogen-bond donors (Lipinski definition) is 1. The topological polar surface area (TPSA) is 49.8 Å². The molecule has 1 atom stereocenters. The monoisotopic (exact) mass is 235 g/mol. The lowest BCUT2D eigenvalue weighted by Crippen LogP contribution is -2.43. The molecule has 0 aliphatic carbocycles. The summed E-state index contributed by atoms with van der Waals surface area (Å²) in [7, 11) is 0. The number of morpholine rings is 1. The third kappa shape index (κ3) is 2.97. The number of para-hydroxylation sites is 1. The lowest BCUT2D eigenvalue weighted by atomic mass is 10.1. The van der Waals surface area contributed by atoms with Crippen LogP contribution in [0.4, 0.5) is 5.69 Å². The maximum Gasteiger partial charge on any atom is 0.306 e. The van der Waals surface area contributed by atoms with Crippen LogP contribution >= 0.6 is 0 Å². The van der Waals surface area contributed by atoms with Crippen molar-refractivity contribution < 1.29 is 14.6 Å². The summed E-state index contributed by atoms with van der Waals surface area (Å²) < 4.78 is 5.46. The fourth-order valence-corrected chi connectivity index (χ4v) is 2.17. The van der Waals surface area contributed by atoms with Gasteiger partial charge in [0.2, 0.25) is 0 Å². The second-order valence-electron chi connectivity index (χ2n) is 4.32. The van der Waals surface area contributed by atoms with E-state index in [0.29, 0.717) is 13.2 Å². The lowest BCUT2D eigenvalue weighted by Gasteiger charge is -2.34. The standard InChI is InChI=1S/C13H17NO3/c1-10-4-2-3-5-12(10)14-6-7-17-11(9-14)8-13(15)16/h2-5,11H,6-9H2,1H3,(H,15,16). The van der Waals surface area contributed by atoms with Gasteiger partial charge in [-0.25, -0.2) is 0 Å². The molecule has 4 heteroatoms. The Labute approximate surface area is 101 Å². The van der Waals surface area contributed by atoms with Crippen molar-refractivity contribution in [1.82, 2.24) is 0 Å². The normalized spacial score (nSPS) is 20.3. The van der Waals surface area contributed by atoms with E-state index < -0.39 is 5.97 Å². The van der Waals surface area contributed by atoms with E-state index in [1.54, 1.807) is 0 Å². The summed E-state index contributed by atoms with van der Waals surface area (Å²) in [6, 6.07) is 8.15. The molecular formula is C13H17NO3. The molecule has 0 aromatic heterocycles. The van der Waals surface area contributed by atoms with Crippen molar-refractivity contribution in [3.63, 3.8) is 0 Å². The second kappa shape index (κ2) is 5.19. The number of ether oxygens (including phenoxy) is 1. The average Bonchev–Trinajstić information content (AvgIpc) is 2.29. The quantitative estimate of drug-likeness (QED) is 0.866. The van der Waals surface area contributed by atoms with E-state index in [4.69, 9.17) is 9.84 Å². The van der Waals surface area contributed by atoms with Gasteiger partial charge in [0.25, 0.3) is 0 Å². The molecule has 1 N–H and O–H groups in total. The van der Waals surface area contributed by atoms with Crippen molar-refractivity contribution >= 4 is 11.7 Å². The predicted octanol–water partition coefficient (Wildman–Crippen LogP) is 1.67. The Morgan fingerprint density at radius 1 is 1.53 bits per heavy atom. The molecule has 1 aliphatic rings. The van der Waals surface area contributed by atoms with Gasteiger partial charge >= 0.3 is 5.97 Å². The number of carboxylic acids is 1. The maximum absolute atomic E-state index is 10.7. The molecule has 0 spiro atoms.